The van der Waals surface area contributed by atoms with Gasteiger partial charge in [-0.1, -0.05) is 66.7 Å². The number of imidazole rings is 1. The summed E-state index contributed by atoms with van der Waals surface area (Å²) in [6.07, 6.45) is -2.75. The minimum Gasteiger partial charge on any atom is -0.394 e. The van der Waals surface area contributed by atoms with Crippen molar-refractivity contribution >= 4 is 54.7 Å². The fraction of sp³-hybridized carbons (Fsp3) is 0.226. The van der Waals surface area contributed by atoms with Crippen molar-refractivity contribution in [1.82, 2.24) is 14.5 Å². The van der Waals surface area contributed by atoms with Crippen molar-refractivity contribution in [3.05, 3.63) is 84.3 Å². The van der Waals surface area contributed by atoms with Gasteiger partial charge in [0.25, 0.3) is 0 Å². The standard InChI is InChI=1S/C31H27N5O4/c32-29-26-30(36(15-33-26)31-28(39)27(38)23(13-37)40-31)34-14-35(29)12-22-19-7-2-1-6-18(19)20-10-8-16-4-3-5-17-9-11-21(22)25(20)24(16)17/h1-11,15,23,27-28,31-32,34,37-39H,12-14H2/t23-,27-,28-,31-/m1/s1. The normalized spacial score (nSPS) is 23.1. The average Bonchev–Trinajstić information content (AvgIpc) is 3.54. The molecule has 0 aliphatic carbocycles. The Morgan fingerprint density at radius 2 is 1.62 bits per heavy atom. The minimum absolute atomic E-state index is 0.258. The second kappa shape index (κ2) is 8.61. The molecular formula is C31H27N5O4. The van der Waals surface area contributed by atoms with E-state index in [1.807, 2.05) is 4.90 Å². The van der Waals surface area contributed by atoms with Crippen LogP contribution in [0.2, 0.25) is 0 Å². The molecule has 40 heavy (non-hydrogen) atoms. The molecule has 6 aromatic rings. The van der Waals surface area contributed by atoms with E-state index in [0.29, 0.717) is 24.7 Å². The van der Waals surface area contributed by atoms with Crippen LogP contribution in [0.1, 0.15) is 17.5 Å². The summed E-state index contributed by atoms with van der Waals surface area (Å²) < 4.78 is 7.30. The molecule has 5 aromatic carbocycles. The molecule has 1 aromatic heterocycles. The summed E-state index contributed by atoms with van der Waals surface area (Å²) in [6.45, 7) is 0.444. The van der Waals surface area contributed by atoms with Crippen molar-refractivity contribution in [2.45, 2.75) is 31.1 Å². The highest BCUT2D eigenvalue weighted by Gasteiger charge is 2.45. The molecule has 0 bridgehead atoms. The van der Waals surface area contributed by atoms with Crippen molar-refractivity contribution in [2.75, 3.05) is 18.6 Å². The number of benzene rings is 5. The second-order valence-electron chi connectivity index (χ2n) is 10.7. The molecule has 2 aliphatic rings. The van der Waals surface area contributed by atoms with Gasteiger partial charge in [0.05, 0.1) is 19.6 Å². The first-order chi connectivity index (χ1) is 19.5. The zero-order valence-corrected chi connectivity index (χ0v) is 21.5. The van der Waals surface area contributed by atoms with Gasteiger partial charge in [-0.15, -0.1) is 0 Å². The highest BCUT2D eigenvalue weighted by molar-refractivity contribution is 6.30. The molecule has 9 heteroatoms. The lowest BCUT2D eigenvalue weighted by atomic mass is 9.87. The SMILES string of the molecule is N=C1c2ncn([C@@H]3O[C@H](CO)[C@@H](O)[C@H]3O)c2NCN1Cc1c2ccccc2c2ccc3cccc4ccc1c2c43. The number of aromatic nitrogens is 2. The molecule has 3 heterocycles. The number of fused-ring (bicyclic) bond motifs is 3. The van der Waals surface area contributed by atoms with Crippen LogP contribution in [0.3, 0.4) is 0 Å². The smallest absolute Gasteiger partial charge is 0.165 e. The van der Waals surface area contributed by atoms with Gasteiger partial charge < -0.3 is 30.3 Å². The van der Waals surface area contributed by atoms with Crippen LogP contribution in [0, 0.1) is 5.41 Å². The molecule has 0 amide bonds. The van der Waals surface area contributed by atoms with Gasteiger partial charge in [-0.05, 0) is 48.7 Å². The molecular weight excluding hydrogens is 506 g/mol. The summed E-state index contributed by atoms with van der Waals surface area (Å²) >= 11 is 0. The lowest BCUT2D eigenvalue weighted by Crippen LogP contribution is -2.40. The van der Waals surface area contributed by atoms with E-state index < -0.39 is 31.1 Å². The van der Waals surface area contributed by atoms with Crippen molar-refractivity contribution in [3.8, 4) is 0 Å². The molecule has 4 atom stereocenters. The predicted molar refractivity (Wildman–Crippen MR) is 154 cm³/mol. The maximum atomic E-state index is 10.5. The molecule has 1 fully saturated rings. The van der Waals surface area contributed by atoms with Gasteiger partial charge in [0.2, 0.25) is 0 Å². The van der Waals surface area contributed by atoms with Crippen molar-refractivity contribution in [3.63, 3.8) is 0 Å². The summed E-state index contributed by atoms with van der Waals surface area (Å²) in [4.78, 5) is 6.43. The van der Waals surface area contributed by atoms with Crippen LogP contribution >= 0.6 is 0 Å². The van der Waals surface area contributed by atoms with E-state index in [9.17, 15) is 15.3 Å². The Labute approximate surface area is 228 Å². The molecule has 0 unspecified atom stereocenters. The zero-order valence-electron chi connectivity index (χ0n) is 21.5. The van der Waals surface area contributed by atoms with Crippen LogP contribution in [0.4, 0.5) is 5.82 Å². The average molecular weight is 534 g/mol. The highest BCUT2D eigenvalue weighted by atomic mass is 16.6. The molecule has 9 nitrogen and oxygen atoms in total. The first-order valence-corrected chi connectivity index (χ1v) is 13.4. The summed E-state index contributed by atoms with van der Waals surface area (Å²) in [5.41, 5.74) is 1.59. The lowest BCUT2D eigenvalue weighted by molar-refractivity contribution is -0.0519. The number of hydrogen-bond donors (Lipinski definition) is 5. The van der Waals surface area contributed by atoms with E-state index in [1.54, 1.807) is 4.57 Å². The van der Waals surface area contributed by atoms with E-state index >= 15 is 0 Å². The minimum atomic E-state index is -1.23. The van der Waals surface area contributed by atoms with E-state index in [-0.39, 0.29) is 5.84 Å². The van der Waals surface area contributed by atoms with Gasteiger partial charge in [0.1, 0.15) is 29.8 Å². The molecule has 8 rings (SSSR count). The van der Waals surface area contributed by atoms with E-state index in [4.69, 9.17) is 10.1 Å². The number of ether oxygens (including phenoxy) is 1. The Hall–Kier alpha value is -4.28. The summed E-state index contributed by atoms with van der Waals surface area (Å²) in [5.74, 6) is 0.797. The summed E-state index contributed by atoms with van der Waals surface area (Å²) in [6, 6.07) is 23.7. The van der Waals surface area contributed by atoms with Crippen molar-refractivity contribution < 1.29 is 20.1 Å². The first-order valence-electron chi connectivity index (χ1n) is 13.4. The van der Waals surface area contributed by atoms with E-state index in [0.717, 1.165) is 10.9 Å². The number of aliphatic hydroxyl groups is 3. The number of hydrogen-bond acceptors (Lipinski definition) is 7. The molecule has 0 radical (unpaired) electrons. The molecule has 2 aliphatic heterocycles. The van der Waals surface area contributed by atoms with Crippen LogP contribution in [-0.4, -0.2) is 67.2 Å². The molecule has 0 saturated carbocycles. The quantitative estimate of drug-likeness (QED) is 0.173. The van der Waals surface area contributed by atoms with E-state index in [2.05, 4.69) is 77.0 Å². The third-order valence-electron chi connectivity index (χ3n) is 8.56. The largest absolute Gasteiger partial charge is 0.394 e. The fourth-order valence-electron chi connectivity index (χ4n) is 6.59. The third kappa shape index (κ3) is 3.17. The number of nitrogens with zero attached hydrogens (tertiary/aromatic N) is 3. The Bertz CT molecular complexity index is 1940. The number of aliphatic hydroxyl groups excluding tert-OH is 3. The van der Waals surface area contributed by atoms with Gasteiger partial charge in [0, 0.05) is 6.54 Å². The van der Waals surface area contributed by atoms with Crippen LogP contribution in [-0.2, 0) is 11.3 Å². The maximum Gasteiger partial charge on any atom is 0.165 e. The Morgan fingerprint density at radius 1 is 0.875 bits per heavy atom. The number of rotatable bonds is 4. The van der Waals surface area contributed by atoms with Gasteiger partial charge in [-0.25, -0.2) is 4.98 Å². The van der Waals surface area contributed by atoms with Gasteiger partial charge in [0.15, 0.2) is 12.1 Å². The maximum absolute atomic E-state index is 10.5. The molecule has 0 spiro atoms. The number of amidine groups is 1. The van der Waals surface area contributed by atoms with Crippen LogP contribution in [0.15, 0.2) is 73.1 Å². The molecule has 5 N–H and O–H groups in total. The predicted octanol–water partition coefficient (Wildman–Crippen LogP) is 3.76. The fourth-order valence-corrected chi connectivity index (χ4v) is 6.59. The third-order valence-corrected chi connectivity index (χ3v) is 8.56. The van der Waals surface area contributed by atoms with Crippen molar-refractivity contribution in [2.24, 2.45) is 0 Å². The van der Waals surface area contributed by atoms with Crippen LogP contribution in [0.25, 0.3) is 43.1 Å². The molecule has 1 saturated heterocycles. The lowest BCUT2D eigenvalue weighted by Gasteiger charge is -2.32. The van der Waals surface area contributed by atoms with Gasteiger partial charge in [-0.3, -0.25) is 9.98 Å². The zero-order chi connectivity index (χ0) is 27.1. The summed E-state index contributed by atoms with van der Waals surface area (Å²) in [5, 5.41) is 52.3. The van der Waals surface area contributed by atoms with Crippen LogP contribution < -0.4 is 5.32 Å². The summed E-state index contributed by atoms with van der Waals surface area (Å²) in [7, 11) is 0. The van der Waals surface area contributed by atoms with Crippen molar-refractivity contribution in [1.29, 1.82) is 5.41 Å². The number of anilines is 1. The van der Waals surface area contributed by atoms with E-state index in [1.165, 1.54) is 44.0 Å². The van der Waals surface area contributed by atoms with Crippen LogP contribution in [0.5, 0.6) is 0 Å². The monoisotopic (exact) mass is 533 g/mol. The Balaban J connectivity index is 1.22. The highest BCUT2D eigenvalue weighted by Crippen LogP contribution is 2.42. The Kier molecular flexibility index (Phi) is 5.08. The first kappa shape index (κ1) is 23.6. The van der Waals surface area contributed by atoms with Gasteiger partial charge in [-0.2, -0.15) is 0 Å². The van der Waals surface area contributed by atoms with Gasteiger partial charge >= 0.3 is 0 Å². The topological polar surface area (TPSA) is 127 Å². The number of nitrogens with one attached hydrogen (secondary N) is 2. The molecule has 200 valence electrons. The second-order valence-corrected chi connectivity index (χ2v) is 10.7. The Morgan fingerprint density at radius 3 is 2.38 bits per heavy atom.